The van der Waals surface area contributed by atoms with Crippen LogP contribution in [0.4, 0.5) is 0 Å². The molecule has 0 saturated carbocycles. The van der Waals surface area contributed by atoms with Crippen LogP contribution in [0.5, 0.6) is 5.75 Å². The number of hydrogen-bond acceptors (Lipinski definition) is 4. The van der Waals surface area contributed by atoms with E-state index in [9.17, 15) is 0 Å². The molecule has 2 aromatic heterocycles. The second kappa shape index (κ2) is 9.89. The third kappa shape index (κ3) is 3.97. The fourth-order valence-electron chi connectivity index (χ4n) is 6.50. The monoisotopic (exact) mass is 566 g/mol. The van der Waals surface area contributed by atoms with Gasteiger partial charge in [0.25, 0.3) is 0 Å². The van der Waals surface area contributed by atoms with Gasteiger partial charge in [0.15, 0.2) is 17.5 Å². The Morgan fingerprint density at radius 2 is 1.16 bits per heavy atom. The Balaban J connectivity index is 1.24. The largest absolute Gasteiger partial charge is 0.485 e. The molecule has 2 unspecified atom stereocenters. The minimum atomic E-state index is 0.0298. The molecule has 5 aromatic carbocycles. The lowest BCUT2D eigenvalue weighted by atomic mass is 9.91. The molecule has 7 aromatic rings. The van der Waals surface area contributed by atoms with Crippen molar-refractivity contribution in [1.82, 2.24) is 19.5 Å². The Bertz CT molecular complexity index is 2270. The van der Waals surface area contributed by atoms with Crippen molar-refractivity contribution >= 4 is 21.8 Å². The van der Waals surface area contributed by atoms with Crippen molar-refractivity contribution in [3.8, 4) is 45.6 Å². The number of nitrogens with zero attached hydrogens (tertiary/aromatic N) is 4. The van der Waals surface area contributed by atoms with Crippen LogP contribution >= 0.6 is 0 Å². The highest BCUT2D eigenvalue weighted by atomic mass is 16.5. The first-order chi connectivity index (χ1) is 21.8. The summed E-state index contributed by atoms with van der Waals surface area (Å²) in [5, 5.41) is 2.40. The van der Waals surface area contributed by atoms with Crippen LogP contribution in [0, 0.1) is 0 Å². The van der Waals surface area contributed by atoms with Gasteiger partial charge in [-0.15, -0.1) is 0 Å². The van der Waals surface area contributed by atoms with Gasteiger partial charge in [0.2, 0.25) is 0 Å². The molecule has 0 N–H and O–H groups in total. The average Bonchev–Trinajstić information content (AvgIpc) is 3.64. The van der Waals surface area contributed by atoms with E-state index in [2.05, 4.69) is 95.6 Å². The van der Waals surface area contributed by atoms with Gasteiger partial charge in [-0.1, -0.05) is 97.1 Å². The first-order valence-electron chi connectivity index (χ1n) is 14.9. The summed E-state index contributed by atoms with van der Waals surface area (Å²) in [6.45, 7) is 0. The van der Waals surface area contributed by atoms with Gasteiger partial charge in [0, 0.05) is 44.6 Å². The van der Waals surface area contributed by atoms with Crippen molar-refractivity contribution in [3.05, 3.63) is 151 Å². The number of fused-ring (bicyclic) bond motifs is 6. The summed E-state index contributed by atoms with van der Waals surface area (Å²) < 4.78 is 8.52. The molecular weight excluding hydrogens is 540 g/mol. The normalized spacial score (nSPS) is 16.6. The van der Waals surface area contributed by atoms with Gasteiger partial charge in [-0.2, -0.15) is 0 Å². The summed E-state index contributed by atoms with van der Waals surface area (Å²) in [5.41, 5.74) is 7.36. The molecule has 3 heterocycles. The van der Waals surface area contributed by atoms with E-state index in [4.69, 9.17) is 19.7 Å². The molecule has 2 aliphatic rings. The molecule has 0 radical (unpaired) electrons. The molecule has 0 bridgehead atoms. The van der Waals surface area contributed by atoms with Crippen molar-refractivity contribution in [2.75, 3.05) is 0 Å². The van der Waals surface area contributed by atoms with Crippen LogP contribution in [0.15, 0.2) is 146 Å². The van der Waals surface area contributed by atoms with E-state index in [-0.39, 0.29) is 12.0 Å². The molecule has 44 heavy (non-hydrogen) atoms. The number of benzene rings is 5. The van der Waals surface area contributed by atoms with Crippen LogP contribution in [-0.2, 0) is 0 Å². The van der Waals surface area contributed by atoms with E-state index < -0.39 is 0 Å². The maximum absolute atomic E-state index is 6.21. The van der Waals surface area contributed by atoms with Crippen molar-refractivity contribution in [2.45, 2.75) is 12.0 Å². The van der Waals surface area contributed by atoms with Crippen LogP contribution in [0.3, 0.4) is 0 Å². The summed E-state index contributed by atoms with van der Waals surface area (Å²) in [4.78, 5) is 15.1. The first-order valence-corrected chi connectivity index (χ1v) is 14.9. The minimum absolute atomic E-state index is 0.0298. The van der Waals surface area contributed by atoms with Crippen molar-refractivity contribution < 1.29 is 4.74 Å². The van der Waals surface area contributed by atoms with E-state index in [0.29, 0.717) is 17.5 Å². The maximum Gasteiger partial charge on any atom is 0.164 e. The summed E-state index contributed by atoms with van der Waals surface area (Å²) in [5.74, 6) is 3.02. The molecule has 0 saturated heterocycles. The van der Waals surface area contributed by atoms with Crippen LogP contribution in [-0.4, -0.2) is 25.6 Å². The van der Waals surface area contributed by atoms with Gasteiger partial charge >= 0.3 is 0 Å². The maximum atomic E-state index is 6.21. The fraction of sp³-hybridized carbons (Fsp3) is 0.0513. The lowest BCUT2D eigenvalue weighted by Crippen LogP contribution is -2.15. The quantitative estimate of drug-likeness (QED) is 0.213. The standard InChI is InChI=1S/C39H26N4O/c1-3-11-25(12-4-1)37-40-38(26-20-22-36-32(23-26)31-16-8-10-18-35(31)44-36)42-39(41-37)27-19-21-30-29-15-7-9-17-33(29)43(34(30)24-27)28-13-5-2-6-14-28/h1-24,31,35H. The number of para-hydroxylation sites is 2. The number of aromatic nitrogens is 4. The first kappa shape index (κ1) is 24.8. The van der Waals surface area contributed by atoms with Crippen molar-refractivity contribution in [2.24, 2.45) is 0 Å². The van der Waals surface area contributed by atoms with Crippen LogP contribution in [0.2, 0.25) is 0 Å². The molecule has 1 aliphatic carbocycles. The van der Waals surface area contributed by atoms with Crippen LogP contribution in [0.25, 0.3) is 61.7 Å². The second-order valence-electron chi connectivity index (χ2n) is 11.2. The Labute approximate surface area is 254 Å². The molecule has 0 fully saturated rings. The average molecular weight is 567 g/mol. The third-order valence-electron chi connectivity index (χ3n) is 8.59. The van der Waals surface area contributed by atoms with Gasteiger partial charge < -0.3 is 9.30 Å². The fourth-order valence-corrected chi connectivity index (χ4v) is 6.50. The summed E-state index contributed by atoms with van der Waals surface area (Å²) in [6, 6.07) is 41.9. The Morgan fingerprint density at radius 1 is 0.523 bits per heavy atom. The Kier molecular flexibility index (Phi) is 5.56. The Morgan fingerprint density at radius 3 is 1.98 bits per heavy atom. The molecule has 0 amide bonds. The SMILES string of the molecule is C1=CC2Oc3ccc(-c4nc(-c5ccccc5)nc(-c5ccc6c7ccccc7n(-c7ccccc7)c6c5)n4)cc3C2C=C1. The number of rotatable bonds is 4. The molecular formula is C39H26N4O. The molecule has 5 heteroatoms. The lowest BCUT2D eigenvalue weighted by Gasteiger charge is -2.14. The Hall–Kier alpha value is -5.81. The zero-order valence-corrected chi connectivity index (χ0v) is 23.7. The summed E-state index contributed by atoms with van der Waals surface area (Å²) in [7, 11) is 0. The predicted octanol–water partition coefficient (Wildman–Crippen LogP) is 8.94. The van der Waals surface area contributed by atoms with Crippen molar-refractivity contribution in [1.29, 1.82) is 0 Å². The highest BCUT2D eigenvalue weighted by molar-refractivity contribution is 6.10. The van der Waals surface area contributed by atoms with Gasteiger partial charge in [-0.3, -0.25) is 0 Å². The van der Waals surface area contributed by atoms with Gasteiger partial charge in [-0.25, -0.2) is 15.0 Å². The number of allylic oxidation sites excluding steroid dienone is 2. The van der Waals surface area contributed by atoms with E-state index in [1.54, 1.807) is 0 Å². The summed E-state index contributed by atoms with van der Waals surface area (Å²) >= 11 is 0. The van der Waals surface area contributed by atoms with Gasteiger partial charge in [-0.05, 0) is 48.5 Å². The molecule has 5 nitrogen and oxygen atoms in total. The molecule has 1 aliphatic heterocycles. The molecule has 208 valence electrons. The van der Waals surface area contributed by atoms with E-state index in [0.717, 1.165) is 44.7 Å². The highest BCUT2D eigenvalue weighted by Gasteiger charge is 2.32. The number of ether oxygens (including phenoxy) is 1. The van der Waals surface area contributed by atoms with Crippen molar-refractivity contribution in [3.63, 3.8) is 0 Å². The minimum Gasteiger partial charge on any atom is -0.485 e. The zero-order valence-electron chi connectivity index (χ0n) is 23.7. The zero-order chi connectivity index (χ0) is 29.0. The van der Waals surface area contributed by atoms with Gasteiger partial charge in [0.1, 0.15) is 11.9 Å². The van der Waals surface area contributed by atoms with E-state index >= 15 is 0 Å². The highest BCUT2D eigenvalue weighted by Crippen LogP contribution is 2.43. The topological polar surface area (TPSA) is 52.8 Å². The van der Waals surface area contributed by atoms with Gasteiger partial charge in [0.05, 0.1) is 11.0 Å². The van der Waals surface area contributed by atoms with E-state index in [1.165, 1.54) is 10.8 Å². The van der Waals surface area contributed by atoms with E-state index in [1.807, 2.05) is 54.6 Å². The van der Waals surface area contributed by atoms with Crippen LogP contribution in [0.1, 0.15) is 11.5 Å². The number of hydrogen-bond donors (Lipinski definition) is 0. The molecule has 0 spiro atoms. The second-order valence-corrected chi connectivity index (χ2v) is 11.2. The smallest absolute Gasteiger partial charge is 0.164 e. The van der Waals surface area contributed by atoms with Crippen LogP contribution < -0.4 is 4.74 Å². The third-order valence-corrected chi connectivity index (χ3v) is 8.59. The molecule has 9 rings (SSSR count). The lowest BCUT2D eigenvalue weighted by molar-refractivity contribution is 0.269. The molecule has 2 atom stereocenters. The predicted molar refractivity (Wildman–Crippen MR) is 176 cm³/mol. The summed E-state index contributed by atoms with van der Waals surface area (Å²) in [6.07, 6.45) is 8.49.